The summed E-state index contributed by atoms with van der Waals surface area (Å²) in [6.45, 7) is 3.14. The molecular formula is C18H18N2Na2O7S2. The summed E-state index contributed by atoms with van der Waals surface area (Å²) in [6, 6.07) is 9.55. The van der Waals surface area contributed by atoms with Gasteiger partial charge in [0.1, 0.15) is 10.6 Å². The van der Waals surface area contributed by atoms with Gasteiger partial charge in [0.2, 0.25) is 0 Å². The number of rotatable bonds is 4. The zero-order valence-electron chi connectivity index (χ0n) is 15.2. The Morgan fingerprint density at radius 1 is 0.710 bits per heavy atom. The number of aromatic hydroxyl groups is 1. The number of benzene rings is 3. The van der Waals surface area contributed by atoms with Crippen LogP contribution in [0.15, 0.2) is 62.5 Å². The molecule has 0 aromatic heterocycles. The molecule has 0 atom stereocenters. The maximum absolute atomic E-state index is 11.7. The molecule has 3 aromatic rings. The number of azo groups is 1. The Bertz CT molecular complexity index is 1390. The van der Waals surface area contributed by atoms with E-state index in [4.69, 9.17) is 0 Å². The molecule has 0 saturated carbocycles. The third-order valence-corrected chi connectivity index (χ3v) is 6.16. The van der Waals surface area contributed by atoms with Crippen molar-refractivity contribution in [1.29, 1.82) is 0 Å². The SMILES string of the molecule is Cc1cc(C)c(S(=O)(=O)O)cc1N=Nc1cc(S(=O)(=O)O)c2ccccc2c1O.[NaH].[NaH]. The molecule has 0 unspecified atom stereocenters. The second kappa shape index (κ2) is 10.4. The van der Waals surface area contributed by atoms with Crippen molar-refractivity contribution in [2.45, 2.75) is 23.6 Å². The van der Waals surface area contributed by atoms with Gasteiger partial charge in [-0.25, -0.2) is 0 Å². The number of hydrogen-bond donors (Lipinski definition) is 3. The van der Waals surface area contributed by atoms with Gasteiger partial charge in [0.15, 0.2) is 5.75 Å². The minimum atomic E-state index is -4.62. The van der Waals surface area contributed by atoms with Gasteiger partial charge in [0.25, 0.3) is 20.2 Å². The molecule has 3 aromatic carbocycles. The van der Waals surface area contributed by atoms with E-state index in [0.717, 1.165) is 12.1 Å². The van der Waals surface area contributed by atoms with Crippen LogP contribution in [0.3, 0.4) is 0 Å². The van der Waals surface area contributed by atoms with Crippen molar-refractivity contribution in [3.63, 3.8) is 0 Å². The molecule has 0 fully saturated rings. The molecule has 0 bridgehead atoms. The number of phenols is 1. The minimum absolute atomic E-state index is 0. The Hall–Kier alpha value is -0.860. The average Bonchev–Trinajstić information content (AvgIpc) is 2.60. The van der Waals surface area contributed by atoms with Crippen LogP contribution in [0.2, 0.25) is 0 Å². The maximum atomic E-state index is 11.7. The first kappa shape index (κ1) is 28.2. The van der Waals surface area contributed by atoms with E-state index in [9.17, 15) is 31.0 Å². The molecular weight excluding hydrogens is 466 g/mol. The Kier molecular flexibility index (Phi) is 9.44. The quantitative estimate of drug-likeness (QED) is 0.292. The fourth-order valence-electron chi connectivity index (χ4n) is 2.92. The molecule has 3 rings (SSSR count). The van der Waals surface area contributed by atoms with Crippen molar-refractivity contribution in [3.8, 4) is 5.75 Å². The Labute approximate surface area is 223 Å². The second-order valence-corrected chi connectivity index (χ2v) is 9.12. The van der Waals surface area contributed by atoms with Crippen molar-refractivity contribution in [2.75, 3.05) is 0 Å². The second-order valence-electron chi connectivity index (χ2n) is 6.34. The van der Waals surface area contributed by atoms with E-state index in [1.807, 2.05) is 0 Å². The fourth-order valence-corrected chi connectivity index (χ4v) is 4.36. The Morgan fingerprint density at radius 3 is 1.74 bits per heavy atom. The fraction of sp³-hybridized carbons (Fsp3) is 0.111. The van der Waals surface area contributed by atoms with Gasteiger partial charge >= 0.3 is 59.1 Å². The molecule has 31 heavy (non-hydrogen) atoms. The average molecular weight is 484 g/mol. The van der Waals surface area contributed by atoms with Gasteiger partial charge in [-0.1, -0.05) is 30.3 Å². The summed E-state index contributed by atoms with van der Waals surface area (Å²) in [4.78, 5) is -0.808. The van der Waals surface area contributed by atoms with E-state index in [0.29, 0.717) is 11.1 Å². The van der Waals surface area contributed by atoms with Gasteiger partial charge < -0.3 is 5.11 Å². The van der Waals surface area contributed by atoms with Crippen LogP contribution >= 0.6 is 0 Å². The monoisotopic (exact) mass is 484 g/mol. The van der Waals surface area contributed by atoms with Crippen LogP contribution in [0.1, 0.15) is 11.1 Å². The van der Waals surface area contributed by atoms with Crippen molar-refractivity contribution < 1.29 is 31.0 Å². The first-order chi connectivity index (χ1) is 13.4. The number of aryl methyl sites for hydroxylation is 2. The van der Waals surface area contributed by atoms with Crippen LogP contribution in [0.25, 0.3) is 10.8 Å². The Morgan fingerprint density at radius 2 is 1.19 bits per heavy atom. The zero-order chi connectivity index (χ0) is 21.6. The predicted octanol–water partition coefficient (Wildman–Crippen LogP) is 2.77. The first-order valence-corrected chi connectivity index (χ1v) is 11.0. The van der Waals surface area contributed by atoms with E-state index >= 15 is 0 Å². The summed E-state index contributed by atoms with van der Waals surface area (Å²) in [5.41, 5.74) is 0.689. The van der Waals surface area contributed by atoms with E-state index in [1.165, 1.54) is 25.1 Å². The van der Waals surface area contributed by atoms with Crippen LogP contribution in [0.5, 0.6) is 5.75 Å². The van der Waals surface area contributed by atoms with Gasteiger partial charge in [-0.3, -0.25) is 9.11 Å². The molecule has 9 nitrogen and oxygen atoms in total. The molecule has 0 saturated heterocycles. The van der Waals surface area contributed by atoms with Crippen LogP contribution in [0.4, 0.5) is 11.4 Å². The van der Waals surface area contributed by atoms with Gasteiger partial charge in [0.05, 0.1) is 10.6 Å². The summed E-state index contributed by atoms with van der Waals surface area (Å²) in [5, 5.41) is 18.4. The number of hydrogen-bond acceptors (Lipinski definition) is 7. The molecule has 0 spiro atoms. The predicted molar refractivity (Wildman–Crippen MR) is 120 cm³/mol. The summed E-state index contributed by atoms with van der Waals surface area (Å²) >= 11 is 0. The number of nitrogens with zero attached hydrogens (tertiary/aromatic N) is 2. The van der Waals surface area contributed by atoms with Crippen molar-refractivity contribution in [2.24, 2.45) is 10.2 Å². The third kappa shape index (κ3) is 6.14. The van der Waals surface area contributed by atoms with E-state index < -0.39 is 25.1 Å². The van der Waals surface area contributed by atoms with Crippen LogP contribution in [-0.4, -0.2) is 90.2 Å². The van der Waals surface area contributed by atoms with Gasteiger partial charge in [-0.15, -0.1) is 5.11 Å². The van der Waals surface area contributed by atoms with Crippen molar-refractivity contribution in [3.05, 3.63) is 53.6 Å². The first-order valence-electron chi connectivity index (χ1n) is 8.12. The van der Waals surface area contributed by atoms with Crippen LogP contribution < -0.4 is 0 Å². The molecule has 0 radical (unpaired) electrons. The van der Waals surface area contributed by atoms with E-state index in [1.54, 1.807) is 19.1 Å². The summed E-state index contributed by atoms with van der Waals surface area (Å²) in [5.74, 6) is -0.364. The van der Waals surface area contributed by atoms with Gasteiger partial charge in [-0.05, 0) is 37.1 Å². The van der Waals surface area contributed by atoms with E-state index in [2.05, 4.69) is 10.2 Å². The molecule has 0 amide bonds. The zero-order valence-corrected chi connectivity index (χ0v) is 16.9. The molecule has 0 aliphatic carbocycles. The molecule has 156 valence electrons. The number of phenolic OH excluding ortho intramolecular Hbond substituents is 1. The Balaban J connectivity index is 0.00000240. The summed E-state index contributed by atoms with van der Waals surface area (Å²) in [6.07, 6.45) is 0. The van der Waals surface area contributed by atoms with Gasteiger partial charge in [0, 0.05) is 10.8 Å². The molecule has 3 N–H and O–H groups in total. The van der Waals surface area contributed by atoms with Crippen LogP contribution in [-0.2, 0) is 20.2 Å². The van der Waals surface area contributed by atoms with Crippen molar-refractivity contribution >= 4 is 101 Å². The summed E-state index contributed by atoms with van der Waals surface area (Å²) < 4.78 is 65.3. The third-order valence-electron chi connectivity index (χ3n) is 4.27. The number of fused-ring (bicyclic) bond motifs is 1. The van der Waals surface area contributed by atoms with Crippen molar-refractivity contribution in [1.82, 2.24) is 0 Å². The normalized spacial score (nSPS) is 11.9. The molecule has 0 heterocycles. The molecule has 13 heteroatoms. The topological polar surface area (TPSA) is 154 Å². The van der Waals surface area contributed by atoms with E-state index in [-0.39, 0.29) is 91.9 Å². The molecule has 0 aliphatic heterocycles. The summed E-state index contributed by atoms with van der Waals surface area (Å²) in [7, 11) is -9.10. The van der Waals surface area contributed by atoms with Gasteiger partial charge in [-0.2, -0.15) is 21.9 Å². The van der Waals surface area contributed by atoms with Crippen LogP contribution in [0, 0.1) is 13.8 Å². The molecule has 0 aliphatic rings. The standard InChI is InChI=1S/C18H16N2O7S2.2Na.2H/c1-10-7-11(2)16(28(22,23)24)8-14(10)19-20-15-9-17(29(25,26)27)12-5-3-4-6-13(12)18(15)21;;;;/h3-9,21H,1-2H3,(H,22,23,24)(H,25,26,27);;;;.